The second-order valence-corrected chi connectivity index (χ2v) is 6.41. The fraction of sp³-hybridized carbons (Fsp3) is 0.769. The minimum atomic E-state index is -0.375. The van der Waals surface area contributed by atoms with Gasteiger partial charge >= 0.3 is 0 Å². The van der Waals surface area contributed by atoms with Crippen molar-refractivity contribution in [2.75, 3.05) is 0 Å². The van der Waals surface area contributed by atoms with E-state index in [2.05, 4.69) is 48.2 Å². The lowest BCUT2D eigenvalue weighted by atomic mass is 9.96. The maximum atomic E-state index is 12.4. The summed E-state index contributed by atoms with van der Waals surface area (Å²) in [7, 11) is 0. The summed E-state index contributed by atoms with van der Waals surface area (Å²) in [5.41, 5.74) is -0.427. The Morgan fingerprint density at radius 1 is 1.26 bits per heavy atom. The maximum Gasteiger partial charge on any atom is 0.227 e. The Morgan fingerprint density at radius 2 is 1.84 bits per heavy atom. The van der Waals surface area contributed by atoms with Crippen LogP contribution in [0.2, 0.25) is 0 Å². The number of hydrogen-bond acceptors (Lipinski definition) is 4. The number of nitrogens with zero attached hydrogens (tertiary/aromatic N) is 2. The fourth-order valence-electron chi connectivity index (χ4n) is 2.99. The van der Waals surface area contributed by atoms with Gasteiger partial charge in [-0.1, -0.05) is 27.7 Å². The lowest BCUT2D eigenvalue weighted by Crippen LogP contribution is -2.34. The summed E-state index contributed by atoms with van der Waals surface area (Å²) < 4.78 is 0. The largest absolute Gasteiger partial charge is 0.388 e. The van der Waals surface area contributed by atoms with Crippen molar-refractivity contribution in [3.63, 3.8) is 0 Å². The van der Waals surface area contributed by atoms with Crippen LogP contribution in [0.4, 0.5) is 0 Å². The van der Waals surface area contributed by atoms with Crippen molar-refractivity contribution >= 4 is 5.91 Å². The fourth-order valence-corrected chi connectivity index (χ4v) is 2.99. The van der Waals surface area contributed by atoms with Crippen molar-refractivity contribution in [2.45, 2.75) is 47.8 Å². The summed E-state index contributed by atoms with van der Waals surface area (Å²) in [6.45, 7) is 10.6. The molecule has 1 aliphatic rings. The van der Waals surface area contributed by atoms with Crippen LogP contribution in [0.3, 0.4) is 0 Å². The molecule has 1 aliphatic carbocycles. The normalized spacial score (nSPS) is 22.0. The van der Waals surface area contributed by atoms with E-state index in [1.807, 2.05) is 6.92 Å². The lowest BCUT2D eigenvalue weighted by molar-refractivity contribution is -0.127. The summed E-state index contributed by atoms with van der Waals surface area (Å²) in [6.07, 6.45) is 0. The number of aromatic nitrogens is 3. The average molecular weight is 266 g/mol. The third-order valence-corrected chi connectivity index (χ3v) is 5.59. The number of amides is 1. The molecule has 106 valence electrons. The Kier molecular flexibility index (Phi) is 2.97. The first-order chi connectivity index (χ1) is 8.68. The van der Waals surface area contributed by atoms with Crippen LogP contribution in [0.5, 0.6) is 0 Å². The topological polar surface area (TPSA) is 90.9 Å². The van der Waals surface area contributed by atoms with E-state index < -0.39 is 0 Å². The second kappa shape index (κ2) is 4.03. The standard InChI is InChI=1S/C13H22N4O2/c1-11(2)12(3,4)13(11,5)10(19)14-6-8-15-9(7-18)17-16-8/h18H,6-7H2,1-5H3,(H,14,19)(H,15,16,17). The summed E-state index contributed by atoms with van der Waals surface area (Å²) in [5, 5.41) is 18.3. The van der Waals surface area contributed by atoms with Gasteiger partial charge in [0.2, 0.25) is 5.91 Å². The summed E-state index contributed by atoms with van der Waals surface area (Å²) in [6, 6.07) is 0. The molecule has 0 saturated heterocycles. The quantitative estimate of drug-likeness (QED) is 0.758. The highest BCUT2D eigenvalue weighted by atomic mass is 16.3. The molecule has 0 bridgehead atoms. The Bertz CT molecular complexity index is 490. The molecular weight excluding hydrogens is 244 g/mol. The molecule has 1 aromatic rings. The predicted molar refractivity (Wildman–Crippen MR) is 69.8 cm³/mol. The van der Waals surface area contributed by atoms with Gasteiger partial charge in [0.1, 0.15) is 12.4 Å². The van der Waals surface area contributed by atoms with Crippen LogP contribution in [0.15, 0.2) is 0 Å². The van der Waals surface area contributed by atoms with Crippen molar-refractivity contribution in [1.29, 1.82) is 0 Å². The van der Waals surface area contributed by atoms with Gasteiger partial charge in [0.05, 0.1) is 12.0 Å². The van der Waals surface area contributed by atoms with E-state index in [9.17, 15) is 4.79 Å². The molecule has 6 heteroatoms. The molecule has 0 spiro atoms. The number of nitrogens with one attached hydrogen (secondary N) is 2. The first-order valence-electron chi connectivity index (χ1n) is 6.48. The highest BCUT2D eigenvalue weighted by Gasteiger charge is 2.77. The predicted octanol–water partition coefficient (Wildman–Crippen LogP) is 0.985. The van der Waals surface area contributed by atoms with E-state index in [0.717, 1.165) is 0 Å². The van der Waals surface area contributed by atoms with Crippen LogP contribution in [-0.2, 0) is 17.9 Å². The monoisotopic (exact) mass is 266 g/mol. The second-order valence-electron chi connectivity index (χ2n) is 6.41. The van der Waals surface area contributed by atoms with Gasteiger partial charge in [-0.05, 0) is 17.8 Å². The maximum absolute atomic E-state index is 12.4. The van der Waals surface area contributed by atoms with E-state index in [0.29, 0.717) is 18.2 Å². The van der Waals surface area contributed by atoms with Crippen LogP contribution < -0.4 is 5.32 Å². The molecule has 0 radical (unpaired) electrons. The lowest BCUT2D eigenvalue weighted by Gasteiger charge is -2.15. The van der Waals surface area contributed by atoms with E-state index in [4.69, 9.17) is 5.11 Å². The van der Waals surface area contributed by atoms with Crippen molar-refractivity contribution < 1.29 is 9.90 Å². The van der Waals surface area contributed by atoms with Crippen LogP contribution in [0.25, 0.3) is 0 Å². The molecule has 1 fully saturated rings. The van der Waals surface area contributed by atoms with Crippen molar-refractivity contribution in [2.24, 2.45) is 16.2 Å². The van der Waals surface area contributed by atoms with Crippen LogP contribution in [-0.4, -0.2) is 26.2 Å². The van der Waals surface area contributed by atoms with Crippen molar-refractivity contribution in [3.05, 3.63) is 11.6 Å². The van der Waals surface area contributed by atoms with Gasteiger partial charge in [-0.15, -0.1) is 0 Å². The molecule has 0 aliphatic heterocycles. The first-order valence-corrected chi connectivity index (χ1v) is 6.48. The molecule has 1 amide bonds. The minimum Gasteiger partial charge on any atom is -0.388 e. The molecule has 1 saturated carbocycles. The van der Waals surface area contributed by atoms with Crippen molar-refractivity contribution in [1.82, 2.24) is 20.5 Å². The molecule has 19 heavy (non-hydrogen) atoms. The zero-order valence-electron chi connectivity index (χ0n) is 12.2. The molecule has 2 rings (SSSR count). The van der Waals surface area contributed by atoms with Gasteiger partial charge < -0.3 is 10.4 Å². The third-order valence-electron chi connectivity index (χ3n) is 5.59. The highest BCUT2D eigenvalue weighted by Crippen LogP contribution is 2.77. The van der Waals surface area contributed by atoms with Gasteiger partial charge in [-0.25, -0.2) is 4.98 Å². The van der Waals surface area contributed by atoms with E-state index in [1.54, 1.807) is 0 Å². The number of carbonyl (C=O) groups is 1. The Labute approximate surface area is 113 Å². The molecule has 1 heterocycles. The smallest absolute Gasteiger partial charge is 0.227 e. The number of H-pyrrole nitrogens is 1. The van der Waals surface area contributed by atoms with Gasteiger partial charge in [0, 0.05) is 0 Å². The van der Waals surface area contributed by atoms with Gasteiger partial charge in [-0.3, -0.25) is 9.89 Å². The zero-order chi connectivity index (χ0) is 14.5. The van der Waals surface area contributed by atoms with E-state index >= 15 is 0 Å². The molecule has 1 aromatic heterocycles. The molecule has 3 N–H and O–H groups in total. The van der Waals surface area contributed by atoms with Crippen LogP contribution >= 0.6 is 0 Å². The van der Waals surface area contributed by atoms with E-state index in [-0.39, 0.29) is 28.8 Å². The third kappa shape index (κ3) is 1.69. The number of aliphatic hydroxyl groups excluding tert-OH is 1. The van der Waals surface area contributed by atoms with Crippen LogP contribution in [0.1, 0.15) is 46.3 Å². The highest BCUT2D eigenvalue weighted by molar-refractivity contribution is 5.88. The Morgan fingerprint density at radius 3 is 2.26 bits per heavy atom. The number of aromatic amines is 1. The molecule has 0 aromatic carbocycles. The number of carbonyl (C=O) groups excluding carboxylic acids is 1. The molecule has 0 unspecified atom stereocenters. The first kappa shape index (κ1) is 14.0. The number of rotatable bonds is 4. The Balaban J connectivity index is 2.00. The van der Waals surface area contributed by atoms with Gasteiger partial charge in [0.25, 0.3) is 0 Å². The molecule has 6 nitrogen and oxygen atoms in total. The van der Waals surface area contributed by atoms with Crippen molar-refractivity contribution in [3.8, 4) is 0 Å². The molecule has 0 atom stereocenters. The summed E-state index contributed by atoms with van der Waals surface area (Å²) in [5.74, 6) is 0.921. The zero-order valence-corrected chi connectivity index (χ0v) is 12.2. The summed E-state index contributed by atoms with van der Waals surface area (Å²) >= 11 is 0. The minimum absolute atomic E-state index is 0.0260. The van der Waals surface area contributed by atoms with Gasteiger partial charge in [0.15, 0.2) is 5.82 Å². The van der Waals surface area contributed by atoms with E-state index in [1.165, 1.54) is 0 Å². The SMILES string of the molecule is CC1(C)C(C)(C)C1(C)C(=O)NCc1nc(CO)n[nH]1. The van der Waals surface area contributed by atoms with Gasteiger partial charge in [-0.2, -0.15) is 5.10 Å². The molecular formula is C13H22N4O2. The average Bonchev–Trinajstić information content (AvgIpc) is 2.75. The Hall–Kier alpha value is -1.43. The van der Waals surface area contributed by atoms with Crippen LogP contribution in [0, 0.1) is 16.2 Å². The summed E-state index contributed by atoms with van der Waals surface area (Å²) in [4.78, 5) is 16.4. The number of hydrogen-bond donors (Lipinski definition) is 3. The number of aliphatic hydroxyl groups is 1.